The van der Waals surface area contributed by atoms with Gasteiger partial charge in [-0.15, -0.1) is 0 Å². The van der Waals surface area contributed by atoms with Crippen LogP contribution in [0.1, 0.15) is 54.2 Å². The number of hydrogen-bond donors (Lipinski definition) is 0. The lowest BCUT2D eigenvalue weighted by atomic mass is 9.65. The van der Waals surface area contributed by atoms with Gasteiger partial charge in [-0.05, 0) is 109 Å². The second kappa shape index (κ2) is 12.9. The van der Waals surface area contributed by atoms with Gasteiger partial charge in [-0.3, -0.25) is 0 Å². The van der Waals surface area contributed by atoms with E-state index in [4.69, 9.17) is 4.42 Å². The molecule has 10 aromatic carbocycles. The Kier molecular flexibility index (Phi) is 7.24. The lowest BCUT2D eigenvalue weighted by Crippen LogP contribution is -2.33. The molecule has 2 aromatic heterocycles. The summed E-state index contributed by atoms with van der Waals surface area (Å²) in [6.07, 6.45) is 0. The standard InChI is InChI=1S/C62H44N2O/c1-37-16-13-23-46-47-24-15-29-54(60(47)65-59(37)46)63(40-33-31-39(32-34-40)61(2,3)4)55-36-51-57(44-21-8-7-19-42(44)55)56-41-18-6-5-17-38(41)30-35-49(56)62(51)48-25-10-12-28-53(48)64-52-27-11-9-20-43(52)45-22-14-26-50(62)58(45)64/h5-36H,1-4H3. The zero-order valence-corrected chi connectivity index (χ0v) is 36.8. The Morgan fingerprint density at radius 3 is 1.92 bits per heavy atom. The van der Waals surface area contributed by atoms with E-state index in [1.54, 1.807) is 0 Å². The Morgan fingerprint density at radius 2 is 1.09 bits per heavy atom. The van der Waals surface area contributed by atoms with Crippen molar-refractivity contribution in [3.8, 4) is 16.8 Å². The number of fused-ring (bicyclic) bond motifs is 19. The van der Waals surface area contributed by atoms with Crippen LogP contribution < -0.4 is 4.90 Å². The highest BCUT2D eigenvalue weighted by molar-refractivity contribution is 6.19. The van der Waals surface area contributed by atoms with Crippen molar-refractivity contribution in [2.75, 3.05) is 4.90 Å². The minimum atomic E-state index is -0.655. The van der Waals surface area contributed by atoms with Crippen LogP contribution in [-0.2, 0) is 10.8 Å². The van der Waals surface area contributed by atoms with Crippen LogP contribution in [0.25, 0.3) is 82.1 Å². The van der Waals surface area contributed by atoms with Gasteiger partial charge in [0, 0.05) is 32.6 Å². The molecule has 0 N–H and O–H groups in total. The number of hydrogen-bond acceptors (Lipinski definition) is 2. The van der Waals surface area contributed by atoms with E-state index in [-0.39, 0.29) is 5.41 Å². The van der Waals surface area contributed by atoms with Gasteiger partial charge in [-0.2, -0.15) is 0 Å². The summed E-state index contributed by atoms with van der Waals surface area (Å²) < 4.78 is 9.57. The van der Waals surface area contributed by atoms with Crippen molar-refractivity contribution in [1.29, 1.82) is 0 Å². The van der Waals surface area contributed by atoms with Crippen molar-refractivity contribution in [3.63, 3.8) is 0 Å². The van der Waals surface area contributed by atoms with E-state index in [1.165, 1.54) is 88.0 Å². The fourth-order valence-electron chi connectivity index (χ4n) is 12.0. The summed E-state index contributed by atoms with van der Waals surface area (Å²) in [5, 5.41) is 9.71. The van der Waals surface area contributed by atoms with E-state index in [2.05, 4.69) is 231 Å². The molecule has 0 saturated carbocycles. The minimum absolute atomic E-state index is 0.00130. The number of aromatic nitrogens is 1. The molecular formula is C62H44N2O. The van der Waals surface area contributed by atoms with Crippen LogP contribution in [0.3, 0.4) is 0 Å². The van der Waals surface area contributed by atoms with Crippen LogP contribution >= 0.6 is 0 Å². The van der Waals surface area contributed by atoms with Crippen molar-refractivity contribution in [1.82, 2.24) is 4.57 Å². The van der Waals surface area contributed by atoms with Crippen molar-refractivity contribution in [2.45, 2.75) is 38.5 Å². The van der Waals surface area contributed by atoms with E-state index in [0.717, 1.165) is 44.6 Å². The minimum Gasteiger partial charge on any atom is -0.454 e. The molecule has 12 aromatic rings. The highest BCUT2D eigenvalue weighted by Crippen LogP contribution is 2.64. The van der Waals surface area contributed by atoms with Gasteiger partial charge in [0.1, 0.15) is 5.58 Å². The fraction of sp³-hybridized carbons (Fsp3) is 0.0968. The number of benzene rings is 10. The monoisotopic (exact) mass is 832 g/mol. The first-order valence-corrected chi connectivity index (χ1v) is 22.9. The Morgan fingerprint density at radius 1 is 0.462 bits per heavy atom. The second-order valence-corrected chi connectivity index (χ2v) is 19.2. The molecule has 3 heteroatoms. The Hall–Kier alpha value is -7.88. The molecule has 308 valence electrons. The molecule has 0 amide bonds. The molecule has 2 aliphatic rings. The van der Waals surface area contributed by atoms with Gasteiger partial charge in [0.05, 0.1) is 33.5 Å². The maximum Gasteiger partial charge on any atom is 0.159 e. The summed E-state index contributed by atoms with van der Waals surface area (Å²) in [7, 11) is 0. The van der Waals surface area contributed by atoms with E-state index in [1.807, 2.05) is 0 Å². The van der Waals surface area contributed by atoms with Crippen LogP contribution in [0.4, 0.5) is 17.1 Å². The first kappa shape index (κ1) is 36.6. The van der Waals surface area contributed by atoms with E-state index in [9.17, 15) is 0 Å². The molecule has 0 radical (unpaired) electrons. The highest BCUT2D eigenvalue weighted by Gasteiger charge is 2.52. The molecule has 0 bridgehead atoms. The third-order valence-corrected chi connectivity index (χ3v) is 14.8. The Bertz CT molecular complexity index is 4010. The van der Waals surface area contributed by atoms with Crippen LogP contribution in [0.2, 0.25) is 0 Å². The maximum absolute atomic E-state index is 7.04. The number of para-hydroxylation sites is 5. The molecule has 1 atom stereocenters. The molecule has 1 unspecified atom stereocenters. The van der Waals surface area contributed by atoms with Gasteiger partial charge >= 0.3 is 0 Å². The SMILES string of the molecule is Cc1cccc2c1oc1c(N(c3ccc(C(C)(C)C)cc3)c3cc4c(c5ccccc35)-c3c(ccc5ccccc35)C43c4ccccc4-n4c5ccccc5c5cccc3c54)cccc12. The van der Waals surface area contributed by atoms with Gasteiger partial charge in [0.2, 0.25) is 0 Å². The molecule has 0 saturated heterocycles. The Balaban J connectivity index is 1.18. The number of nitrogens with zero attached hydrogens (tertiary/aromatic N) is 2. The van der Waals surface area contributed by atoms with E-state index in [0.29, 0.717) is 0 Å². The first-order valence-electron chi connectivity index (χ1n) is 22.9. The third-order valence-electron chi connectivity index (χ3n) is 14.8. The van der Waals surface area contributed by atoms with E-state index < -0.39 is 5.41 Å². The van der Waals surface area contributed by atoms with Crippen LogP contribution in [0.15, 0.2) is 199 Å². The zero-order chi connectivity index (χ0) is 43.3. The smallest absolute Gasteiger partial charge is 0.159 e. The quantitative estimate of drug-likeness (QED) is 0.177. The number of anilines is 3. The largest absolute Gasteiger partial charge is 0.454 e. The zero-order valence-electron chi connectivity index (χ0n) is 36.8. The molecule has 14 rings (SSSR count). The van der Waals surface area contributed by atoms with Crippen LogP contribution in [0, 0.1) is 6.92 Å². The lowest BCUT2D eigenvalue weighted by molar-refractivity contribution is 0.590. The number of furan rings is 1. The normalized spacial score (nSPS) is 15.1. The summed E-state index contributed by atoms with van der Waals surface area (Å²) in [5.41, 5.74) is 18.3. The average Bonchev–Trinajstić information content (AvgIpc) is 3.99. The molecule has 3 nitrogen and oxygen atoms in total. The Labute approximate surface area is 377 Å². The summed E-state index contributed by atoms with van der Waals surface area (Å²) in [6.45, 7) is 9.00. The van der Waals surface area contributed by atoms with Crippen molar-refractivity contribution in [3.05, 3.63) is 228 Å². The molecule has 1 aliphatic heterocycles. The topological polar surface area (TPSA) is 21.3 Å². The summed E-state index contributed by atoms with van der Waals surface area (Å²) in [6, 6.07) is 72.9. The predicted octanol–water partition coefficient (Wildman–Crippen LogP) is 16.7. The summed E-state index contributed by atoms with van der Waals surface area (Å²) >= 11 is 0. The first-order chi connectivity index (χ1) is 31.8. The molecule has 1 aliphatic carbocycles. The summed E-state index contributed by atoms with van der Waals surface area (Å²) in [5.74, 6) is 0. The van der Waals surface area contributed by atoms with Crippen LogP contribution in [-0.4, -0.2) is 4.57 Å². The van der Waals surface area contributed by atoms with Gasteiger partial charge in [0.25, 0.3) is 0 Å². The maximum atomic E-state index is 7.04. The van der Waals surface area contributed by atoms with Crippen LogP contribution in [0.5, 0.6) is 0 Å². The van der Waals surface area contributed by atoms with Gasteiger partial charge in [0.15, 0.2) is 5.58 Å². The summed E-state index contributed by atoms with van der Waals surface area (Å²) in [4.78, 5) is 2.48. The highest BCUT2D eigenvalue weighted by atomic mass is 16.3. The molecule has 3 heterocycles. The van der Waals surface area contributed by atoms with Crippen molar-refractivity contribution >= 4 is 82.4 Å². The predicted molar refractivity (Wildman–Crippen MR) is 272 cm³/mol. The molecule has 1 spiro atoms. The van der Waals surface area contributed by atoms with Crippen molar-refractivity contribution in [2.24, 2.45) is 0 Å². The van der Waals surface area contributed by atoms with Gasteiger partial charge in [-0.1, -0.05) is 178 Å². The number of rotatable bonds is 3. The average molecular weight is 833 g/mol. The number of aryl methyl sites for hydroxylation is 1. The van der Waals surface area contributed by atoms with Crippen molar-refractivity contribution < 1.29 is 4.42 Å². The molecule has 65 heavy (non-hydrogen) atoms. The van der Waals surface area contributed by atoms with Gasteiger partial charge in [-0.25, -0.2) is 0 Å². The third kappa shape index (κ3) is 4.69. The molecular weight excluding hydrogens is 789 g/mol. The second-order valence-electron chi connectivity index (χ2n) is 19.2. The molecule has 0 fully saturated rings. The lowest BCUT2D eigenvalue weighted by Gasteiger charge is -2.40. The van der Waals surface area contributed by atoms with Gasteiger partial charge < -0.3 is 13.9 Å². The fourth-order valence-corrected chi connectivity index (χ4v) is 12.0. The van der Waals surface area contributed by atoms with E-state index >= 15 is 0 Å².